The van der Waals surface area contributed by atoms with E-state index < -0.39 is 0 Å². The van der Waals surface area contributed by atoms with Crippen molar-refractivity contribution in [1.82, 2.24) is 9.97 Å². The Bertz CT molecular complexity index is 946. The molecule has 0 radical (unpaired) electrons. The first-order chi connectivity index (χ1) is 10.1. The number of hydrogen-bond donors (Lipinski definition) is 0. The van der Waals surface area contributed by atoms with Crippen LogP contribution in [0.4, 0.5) is 0 Å². The second-order valence-electron chi connectivity index (χ2n) is 5.05. The summed E-state index contributed by atoms with van der Waals surface area (Å²) >= 11 is 5.85. The molecule has 21 heavy (non-hydrogen) atoms. The molecule has 2 aromatic heterocycles. The maximum absolute atomic E-state index is 4.82. The van der Waals surface area contributed by atoms with E-state index >= 15 is 0 Å². The van der Waals surface area contributed by atoms with Gasteiger partial charge in [-0.3, -0.25) is 0 Å². The van der Waals surface area contributed by atoms with Gasteiger partial charge in [0.2, 0.25) is 0 Å². The number of nitrogens with zero attached hydrogens (tertiary/aromatic N) is 2. The first kappa shape index (κ1) is 13.6. The largest absolute Gasteiger partial charge is 0.233 e. The Kier molecular flexibility index (Phi) is 3.24. The first-order valence-electron chi connectivity index (χ1n) is 6.55. The number of rotatable bonds is 1. The maximum atomic E-state index is 4.82. The summed E-state index contributed by atoms with van der Waals surface area (Å²) in [5, 5.41) is 2.04. The van der Waals surface area contributed by atoms with Gasteiger partial charge in [-0.25, -0.2) is 9.97 Å². The van der Waals surface area contributed by atoms with Crippen LogP contribution in [-0.4, -0.2) is 9.97 Å². The molecular formula is C16H11IN2S2. The summed E-state index contributed by atoms with van der Waals surface area (Å²) in [6.07, 6.45) is 0. The molecule has 0 saturated heterocycles. The van der Waals surface area contributed by atoms with E-state index in [9.17, 15) is 0 Å². The van der Waals surface area contributed by atoms with Crippen molar-refractivity contribution < 1.29 is 0 Å². The van der Waals surface area contributed by atoms with E-state index in [1.54, 1.807) is 22.7 Å². The molecule has 2 nitrogen and oxygen atoms in total. The summed E-state index contributed by atoms with van der Waals surface area (Å²) in [5.74, 6) is 0. The zero-order valence-electron chi connectivity index (χ0n) is 11.5. The summed E-state index contributed by atoms with van der Waals surface area (Å²) < 4.78 is 3.76. The molecule has 0 fully saturated rings. The molecule has 0 saturated carbocycles. The SMILES string of the molecule is Cc1ccc2nc(-c3nc4c(C)ccc(I)c4s3)sc2c1. The number of thiazole rings is 2. The molecule has 0 N–H and O–H groups in total. The fourth-order valence-electron chi connectivity index (χ4n) is 2.32. The fourth-order valence-corrected chi connectivity index (χ4v) is 5.21. The van der Waals surface area contributed by atoms with E-state index in [-0.39, 0.29) is 0 Å². The molecule has 2 aromatic carbocycles. The molecule has 0 bridgehead atoms. The maximum Gasteiger partial charge on any atom is 0.153 e. The second kappa shape index (κ2) is 5.00. The van der Waals surface area contributed by atoms with Gasteiger partial charge in [0.1, 0.15) is 0 Å². The van der Waals surface area contributed by atoms with E-state index in [1.807, 2.05) is 0 Å². The van der Waals surface area contributed by atoms with Crippen LogP contribution in [-0.2, 0) is 0 Å². The van der Waals surface area contributed by atoms with Crippen molar-refractivity contribution in [2.24, 2.45) is 0 Å². The number of benzene rings is 2. The molecule has 0 atom stereocenters. The lowest BCUT2D eigenvalue weighted by Crippen LogP contribution is -1.79. The first-order valence-corrected chi connectivity index (χ1v) is 9.26. The summed E-state index contributed by atoms with van der Waals surface area (Å²) in [6.45, 7) is 4.23. The van der Waals surface area contributed by atoms with E-state index in [1.165, 1.54) is 24.1 Å². The Morgan fingerprint density at radius 3 is 2.57 bits per heavy atom. The van der Waals surface area contributed by atoms with Gasteiger partial charge in [0, 0.05) is 3.57 Å². The summed E-state index contributed by atoms with van der Waals surface area (Å²) in [6, 6.07) is 10.7. The van der Waals surface area contributed by atoms with Gasteiger partial charge in [-0.15, -0.1) is 22.7 Å². The zero-order chi connectivity index (χ0) is 14.6. The van der Waals surface area contributed by atoms with Gasteiger partial charge in [0.25, 0.3) is 0 Å². The number of fused-ring (bicyclic) bond motifs is 2. The quantitative estimate of drug-likeness (QED) is 0.363. The van der Waals surface area contributed by atoms with Crippen LogP contribution in [0.2, 0.25) is 0 Å². The molecule has 4 rings (SSSR count). The van der Waals surface area contributed by atoms with Gasteiger partial charge < -0.3 is 0 Å². The normalized spacial score (nSPS) is 11.6. The molecule has 5 heteroatoms. The predicted octanol–water partition coefficient (Wildman–Crippen LogP) is 5.79. The van der Waals surface area contributed by atoms with Crippen molar-refractivity contribution in [2.75, 3.05) is 0 Å². The van der Waals surface area contributed by atoms with Crippen molar-refractivity contribution in [3.05, 3.63) is 45.0 Å². The summed E-state index contributed by atoms with van der Waals surface area (Å²) in [7, 11) is 0. The van der Waals surface area contributed by atoms with Gasteiger partial charge >= 0.3 is 0 Å². The number of aromatic nitrogens is 2. The highest BCUT2D eigenvalue weighted by atomic mass is 127. The molecule has 2 heterocycles. The lowest BCUT2D eigenvalue weighted by atomic mass is 10.2. The predicted molar refractivity (Wildman–Crippen MR) is 100 cm³/mol. The molecule has 0 aliphatic carbocycles. The fraction of sp³-hybridized carbons (Fsp3) is 0.125. The monoisotopic (exact) mass is 422 g/mol. The molecule has 0 amide bonds. The van der Waals surface area contributed by atoms with Crippen molar-refractivity contribution in [1.29, 1.82) is 0 Å². The highest BCUT2D eigenvalue weighted by molar-refractivity contribution is 14.1. The third-order valence-electron chi connectivity index (χ3n) is 3.42. The van der Waals surface area contributed by atoms with E-state index in [2.05, 4.69) is 66.8 Å². The van der Waals surface area contributed by atoms with Crippen molar-refractivity contribution in [2.45, 2.75) is 13.8 Å². The standard InChI is InChI=1S/C16H11IN2S2/c1-8-3-6-11-12(7-8)20-15(18-11)16-19-13-9(2)4-5-10(17)14(13)21-16/h3-7H,1-2H3. The minimum absolute atomic E-state index is 1.02. The van der Waals surface area contributed by atoms with E-state index in [4.69, 9.17) is 9.97 Å². The lowest BCUT2D eigenvalue weighted by molar-refractivity contribution is 1.39. The van der Waals surface area contributed by atoms with Crippen molar-refractivity contribution >= 4 is 65.7 Å². The molecular weight excluding hydrogens is 411 g/mol. The van der Waals surface area contributed by atoms with Crippen molar-refractivity contribution in [3.8, 4) is 10.0 Å². The highest BCUT2D eigenvalue weighted by Gasteiger charge is 2.14. The van der Waals surface area contributed by atoms with Gasteiger partial charge in [-0.1, -0.05) is 12.1 Å². The van der Waals surface area contributed by atoms with Crippen LogP contribution >= 0.6 is 45.3 Å². The van der Waals surface area contributed by atoms with Gasteiger partial charge in [0.05, 0.1) is 20.4 Å². The molecule has 0 unspecified atom stereocenters. The van der Waals surface area contributed by atoms with E-state index in [0.717, 1.165) is 21.0 Å². The highest BCUT2D eigenvalue weighted by Crippen LogP contribution is 2.37. The van der Waals surface area contributed by atoms with Crippen molar-refractivity contribution in [3.63, 3.8) is 0 Å². The Balaban J connectivity index is 1.95. The second-order valence-corrected chi connectivity index (χ2v) is 8.24. The molecule has 0 aliphatic rings. The molecule has 4 aromatic rings. The van der Waals surface area contributed by atoms with Crippen LogP contribution < -0.4 is 0 Å². The number of aryl methyl sites for hydroxylation is 2. The topological polar surface area (TPSA) is 25.8 Å². The minimum atomic E-state index is 1.02. The van der Waals surface area contributed by atoms with E-state index in [0.29, 0.717) is 0 Å². The van der Waals surface area contributed by atoms with Crippen LogP contribution in [0, 0.1) is 17.4 Å². The zero-order valence-corrected chi connectivity index (χ0v) is 15.3. The smallest absolute Gasteiger partial charge is 0.153 e. The third kappa shape index (κ3) is 2.27. The van der Waals surface area contributed by atoms with Crippen LogP contribution in [0.1, 0.15) is 11.1 Å². The van der Waals surface area contributed by atoms with Gasteiger partial charge in [-0.05, 0) is 65.8 Å². The Hall–Kier alpha value is -1.05. The Labute approximate surface area is 144 Å². The molecule has 0 spiro atoms. The van der Waals surface area contributed by atoms with Crippen LogP contribution in [0.25, 0.3) is 30.4 Å². The average molecular weight is 422 g/mol. The molecule has 104 valence electrons. The molecule has 0 aliphatic heterocycles. The third-order valence-corrected chi connectivity index (χ3v) is 6.94. The summed E-state index contributed by atoms with van der Waals surface area (Å²) in [4.78, 5) is 9.57. The van der Waals surface area contributed by atoms with Crippen LogP contribution in [0.5, 0.6) is 0 Å². The summed E-state index contributed by atoms with van der Waals surface area (Å²) in [5.41, 5.74) is 4.67. The number of hydrogen-bond acceptors (Lipinski definition) is 4. The van der Waals surface area contributed by atoms with Crippen LogP contribution in [0.15, 0.2) is 30.3 Å². The van der Waals surface area contributed by atoms with Crippen LogP contribution in [0.3, 0.4) is 0 Å². The lowest BCUT2D eigenvalue weighted by Gasteiger charge is -1.94. The van der Waals surface area contributed by atoms with Gasteiger partial charge in [-0.2, -0.15) is 0 Å². The van der Waals surface area contributed by atoms with Gasteiger partial charge in [0.15, 0.2) is 10.0 Å². The minimum Gasteiger partial charge on any atom is -0.233 e. The Morgan fingerprint density at radius 1 is 0.952 bits per heavy atom. The Morgan fingerprint density at radius 2 is 1.76 bits per heavy atom. The number of halogens is 1. The average Bonchev–Trinajstić information content (AvgIpc) is 3.06.